The van der Waals surface area contributed by atoms with Gasteiger partial charge in [0.05, 0.1) is 18.8 Å². The van der Waals surface area contributed by atoms with Gasteiger partial charge in [-0.15, -0.1) is 0 Å². The van der Waals surface area contributed by atoms with Crippen LogP contribution in [0.5, 0.6) is 0 Å². The van der Waals surface area contributed by atoms with Crippen LogP contribution in [0.2, 0.25) is 0 Å². The summed E-state index contributed by atoms with van der Waals surface area (Å²) in [6.07, 6.45) is 3.41. The van der Waals surface area contributed by atoms with Gasteiger partial charge in [0, 0.05) is 38.8 Å². The number of hydrogen-bond donors (Lipinski definition) is 2. The van der Waals surface area contributed by atoms with Crippen LogP contribution in [0, 0.1) is 5.92 Å². The predicted octanol–water partition coefficient (Wildman–Crippen LogP) is 1.17. The highest BCUT2D eigenvalue weighted by Gasteiger charge is 2.28. The van der Waals surface area contributed by atoms with Gasteiger partial charge in [-0.3, -0.25) is 4.90 Å². The van der Waals surface area contributed by atoms with Crippen molar-refractivity contribution in [2.45, 2.75) is 51.7 Å². The first-order valence-corrected chi connectivity index (χ1v) is 9.49. The van der Waals surface area contributed by atoms with E-state index in [0.29, 0.717) is 18.5 Å². The Bertz CT molecular complexity index is 324. The lowest BCUT2D eigenvalue weighted by Crippen LogP contribution is -2.50. The second-order valence-corrected chi connectivity index (χ2v) is 7.62. The first-order valence-electron chi connectivity index (χ1n) is 9.49. The van der Waals surface area contributed by atoms with Crippen molar-refractivity contribution in [2.75, 3.05) is 59.0 Å². The summed E-state index contributed by atoms with van der Waals surface area (Å²) in [7, 11) is 0. The highest BCUT2D eigenvalue weighted by molar-refractivity contribution is 4.85. The van der Waals surface area contributed by atoms with Crippen molar-refractivity contribution < 1.29 is 9.84 Å². The summed E-state index contributed by atoms with van der Waals surface area (Å²) in [5.74, 6) is 0.337. The van der Waals surface area contributed by atoms with Gasteiger partial charge in [0.15, 0.2) is 0 Å². The van der Waals surface area contributed by atoms with Gasteiger partial charge in [0.25, 0.3) is 0 Å². The smallest absolute Gasteiger partial charge is 0.0768 e. The molecule has 5 nitrogen and oxygen atoms in total. The fourth-order valence-corrected chi connectivity index (χ4v) is 3.43. The molecule has 2 heterocycles. The number of nitrogens with one attached hydrogen (secondary N) is 1. The summed E-state index contributed by atoms with van der Waals surface area (Å²) >= 11 is 0. The highest BCUT2D eigenvalue weighted by Crippen LogP contribution is 2.20. The normalized spacial score (nSPS) is 26.1. The molecule has 0 aliphatic carbocycles. The third-order valence-electron chi connectivity index (χ3n) is 5.85. The van der Waals surface area contributed by atoms with Crippen LogP contribution < -0.4 is 5.32 Å². The topological polar surface area (TPSA) is 48.0 Å². The molecule has 2 N–H and O–H groups in total. The first kappa shape index (κ1) is 19.1. The molecule has 0 aromatic carbocycles. The van der Waals surface area contributed by atoms with Crippen molar-refractivity contribution in [3.8, 4) is 0 Å². The molecule has 2 saturated heterocycles. The monoisotopic (exact) mass is 327 g/mol. The van der Waals surface area contributed by atoms with Gasteiger partial charge in [-0.25, -0.2) is 0 Å². The van der Waals surface area contributed by atoms with Gasteiger partial charge >= 0.3 is 0 Å². The van der Waals surface area contributed by atoms with Gasteiger partial charge < -0.3 is 20.1 Å². The Labute approximate surface area is 142 Å². The number of nitrogens with zero attached hydrogens (tertiary/aromatic N) is 2. The predicted molar refractivity (Wildman–Crippen MR) is 94.8 cm³/mol. The number of likely N-dealkylation sites (tertiary alicyclic amines) is 1. The Balaban J connectivity index is 1.60. The summed E-state index contributed by atoms with van der Waals surface area (Å²) in [4.78, 5) is 5.09. The number of ether oxygens (including phenoxy) is 1. The van der Waals surface area contributed by atoms with Crippen LogP contribution in [0.3, 0.4) is 0 Å². The van der Waals surface area contributed by atoms with E-state index >= 15 is 0 Å². The minimum atomic E-state index is -0.595. The molecule has 0 spiro atoms. The maximum absolute atomic E-state index is 10.5. The van der Waals surface area contributed by atoms with E-state index in [1.165, 1.54) is 39.0 Å². The van der Waals surface area contributed by atoms with Crippen LogP contribution in [0.1, 0.15) is 40.0 Å². The van der Waals surface area contributed by atoms with Crippen molar-refractivity contribution in [1.82, 2.24) is 15.1 Å². The first-order chi connectivity index (χ1) is 11.0. The molecule has 136 valence electrons. The number of aliphatic hydroxyl groups is 1. The summed E-state index contributed by atoms with van der Waals surface area (Å²) in [5.41, 5.74) is -0.595. The van der Waals surface area contributed by atoms with Gasteiger partial charge in [-0.05, 0) is 38.8 Å². The van der Waals surface area contributed by atoms with E-state index in [9.17, 15) is 5.11 Å². The molecule has 2 unspecified atom stereocenters. The van der Waals surface area contributed by atoms with Crippen LogP contribution in [0.15, 0.2) is 0 Å². The van der Waals surface area contributed by atoms with E-state index in [1.807, 2.05) is 6.92 Å². The average molecular weight is 328 g/mol. The molecule has 0 radical (unpaired) electrons. The largest absolute Gasteiger partial charge is 0.389 e. The molecule has 2 atom stereocenters. The molecule has 23 heavy (non-hydrogen) atoms. The van der Waals surface area contributed by atoms with E-state index in [2.05, 4.69) is 29.0 Å². The van der Waals surface area contributed by atoms with Crippen LogP contribution in [-0.4, -0.2) is 85.6 Å². The SMILES string of the molecule is CCC(C)C(C)(O)CNC1CCN(CCN2CCOCC2)CC1. The maximum Gasteiger partial charge on any atom is 0.0768 e. The lowest BCUT2D eigenvalue weighted by molar-refractivity contribution is 0.000908. The van der Waals surface area contributed by atoms with Crippen molar-refractivity contribution in [3.63, 3.8) is 0 Å². The Kier molecular flexibility index (Phi) is 7.76. The Morgan fingerprint density at radius 3 is 2.26 bits per heavy atom. The van der Waals surface area contributed by atoms with Crippen LogP contribution in [0.4, 0.5) is 0 Å². The van der Waals surface area contributed by atoms with Gasteiger partial charge in [0.2, 0.25) is 0 Å². The lowest BCUT2D eigenvalue weighted by atomic mass is 9.88. The van der Waals surface area contributed by atoms with Crippen molar-refractivity contribution >= 4 is 0 Å². The molecular weight excluding hydrogens is 290 g/mol. The summed E-state index contributed by atoms with van der Waals surface area (Å²) < 4.78 is 5.40. The molecule has 0 aromatic rings. The zero-order valence-electron chi connectivity index (χ0n) is 15.4. The molecule has 2 rings (SSSR count). The minimum absolute atomic E-state index is 0.337. The van der Waals surface area contributed by atoms with Crippen LogP contribution in [0.25, 0.3) is 0 Å². The number of hydrogen-bond acceptors (Lipinski definition) is 5. The second-order valence-electron chi connectivity index (χ2n) is 7.62. The quantitative estimate of drug-likeness (QED) is 0.701. The fourth-order valence-electron chi connectivity index (χ4n) is 3.43. The zero-order chi connectivity index (χ0) is 16.7. The maximum atomic E-state index is 10.5. The van der Waals surface area contributed by atoms with Gasteiger partial charge in [0.1, 0.15) is 0 Å². The standard InChI is InChI=1S/C18H37N3O2/c1-4-16(2)18(3,22)15-19-17-5-7-20(8-6-17)9-10-21-11-13-23-14-12-21/h16-17,19,22H,4-15H2,1-3H3. The third kappa shape index (κ3) is 6.31. The Hall–Kier alpha value is -0.200. The fraction of sp³-hybridized carbons (Fsp3) is 1.00. The molecule has 2 fully saturated rings. The molecule has 5 heteroatoms. The molecule has 0 amide bonds. The Morgan fingerprint density at radius 1 is 1.13 bits per heavy atom. The van der Waals surface area contributed by atoms with E-state index in [0.717, 1.165) is 32.7 Å². The van der Waals surface area contributed by atoms with Crippen molar-refractivity contribution in [2.24, 2.45) is 5.92 Å². The zero-order valence-corrected chi connectivity index (χ0v) is 15.4. The van der Waals surface area contributed by atoms with Gasteiger partial charge in [-0.2, -0.15) is 0 Å². The molecule has 0 aromatic heterocycles. The third-order valence-corrected chi connectivity index (χ3v) is 5.85. The van der Waals surface area contributed by atoms with Gasteiger partial charge in [-0.1, -0.05) is 20.3 Å². The minimum Gasteiger partial charge on any atom is -0.389 e. The highest BCUT2D eigenvalue weighted by atomic mass is 16.5. The molecular formula is C18H37N3O2. The number of piperidine rings is 1. The second kappa shape index (κ2) is 9.33. The van der Waals surface area contributed by atoms with Crippen molar-refractivity contribution in [1.29, 1.82) is 0 Å². The van der Waals surface area contributed by atoms with Crippen LogP contribution in [-0.2, 0) is 4.74 Å². The molecule has 0 bridgehead atoms. The molecule has 0 saturated carbocycles. The Morgan fingerprint density at radius 2 is 1.70 bits per heavy atom. The molecule has 2 aliphatic heterocycles. The van der Waals surface area contributed by atoms with E-state index < -0.39 is 5.60 Å². The van der Waals surface area contributed by atoms with E-state index in [4.69, 9.17) is 4.74 Å². The summed E-state index contributed by atoms with van der Waals surface area (Å²) in [5, 5.41) is 14.1. The number of rotatable bonds is 8. The summed E-state index contributed by atoms with van der Waals surface area (Å²) in [6, 6.07) is 0.560. The summed E-state index contributed by atoms with van der Waals surface area (Å²) in [6.45, 7) is 15.6. The number of morpholine rings is 1. The van der Waals surface area contributed by atoms with Crippen LogP contribution >= 0.6 is 0 Å². The van der Waals surface area contributed by atoms with Crippen molar-refractivity contribution in [3.05, 3.63) is 0 Å². The lowest BCUT2D eigenvalue weighted by Gasteiger charge is -2.37. The van der Waals surface area contributed by atoms with E-state index in [-0.39, 0.29) is 0 Å². The van der Waals surface area contributed by atoms with E-state index in [1.54, 1.807) is 0 Å². The molecule has 2 aliphatic rings. The average Bonchev–Trinajstić information content (AvgIpc) is 2.59.